The molecule has 166 valence electrons. The van der Waals surface area contributed by atoms with Crippen molar-refractivity contribution in [2.45, 2.75) is 26.0 Å². The maximum atomic E-state index is 11.3. The summed E-state index contributed by atoms with van der Waals surface area (Å²) in [7, 11) is 0. The van der Waals surface area contributed by atoms with Crippen LogP contribution in [0, 0.1) is 0 Å². The van der Waals surface area contributed by atoms with Crippen LogP contribution in [-0.4, -0.2) is 48.6 Å². The predicted molar refractivity (Wildman–Crippen MR) is 114 cm³/mol. The second-order valence-electron chi connectivity index (χ2n) is 6.24. The quantitative estimate of drug-likeness (QED) is 0.423. The molecule has 0 saturated carbocycles. The van der Waals surface area contributed by atoms with Crippen LogP contribution < -0.4 is 16.0 Å². The number of ether oxygens (including phenoxy) is 1. The first-order valence-corrected chi connectivity index (χ1v) is 9.63. The van der Waals surface area contributed by atoms with Gasteiger partial charge in [-0.2, -0.15) is 0 Å². The maximum Gasteiger partial charge on any atom is 0.407 e. The summed E-state index contributed by atoms with van der Waals surface area (Å²) < 4.78 is 4.92. The Balaban J connectivity index is 0.000000327. The van der Waals surface area contributed by atoms with Gasteiger partial charge in [0.2, 0.25) is 12.3 Å². The molecule has 0 aromatic heterocycles. The van der Waals surface area contributed by atoms with E-state index in [9.17, 15) is 19.2 Å². The highest BCUT2D eigenvalue weighted by Crippen LogP contribution is 2.03. The standard InChI is InChI=1S/C12H14N2O4.C10H13NO2/c15-8-13-7-11(16)14-10(12(17)18)6-9-4-2-1-3-5-9;1-2-11-10(12)13-8-9-6-4-3-5-7-9/h1-5,8,10H,6-7H2,(H,13,15)(H,14,16)(H,17,18);3-7H,2,8H2,1H3,(H,11,12). The van der Waals surface area contributed by atoms with E-state index in [0.29, 0.717) is 19.6 Å². The largest absolute Gasteiger partial charge is 0.480 e. The number of benzene rings is 2. The number of aliphatic carboxylic acids is 1. The van der Waals surface area contributed by atoms with E-state index in [1.54, 1.807) is 24.3 Å². The van der Waals surface area contributed by atoms with Crippen LogP contribution in [0.3, 0.4) is 0 Å². The van der Waals surface area contributed by atoms with Crippen molar-refractivity contribution < 1.29 is 29.0 Å². The van der Waals surface area contributed by atoms with E-state index < -0.39 is 17.9 Å². The van der Waals surface area contributed by atoms with Gasteiger partial charge in [-0.05, 0) is 18.1 Å². The molecule has 1 atom stereocenters. The first kappa shape index (κ1) is 25.2. The topological polar surface area (TPSA) is 134 Å². The number of nitrogens with one attached hydrogen (secondary N) is 3. The van der Waals surface area contributed by atoms with Crippen LogP contribution in [-0.2, 0) is 32.1 Å². The fraction of sp³-hybridized carbons (Fsp3) is 0.273. The highest BCUT2D eigenvalue weighted by Gasteiger charge is 2.19. The summed E-state index contributed by atoms with van der Waals surface area (Å²) in [5, 5.41) is 16.1. The van der Waals surface area contributed by atoms with Gasteiger partial charge in [0.15, 0.2) is 0 Å². The van der Waals surface area contributed by atoms with Crippen molar-refractivity contribution in [2.75, 3.05) is 13.1 Å². The molecule has 2 rings (SSSR count). The average molecular weight is 429 g/mol. The molecule has 9 heteroatoms. The number of alkyl carbamates (subject to hydrolysis) is 1. The lowest BCUT2D eigenvalue weighted by Gasteiger charge is -2.14. The van der Waals surface area contributed by atoms with Crippen LogP contribution in [0.5, 0.6) is 0 Å². The third-order valence-corrected chi connectivity index (χ3v) is 3.80. The third kappa shape index (κ3) is 11.6. The molecule has 3 amide bonds. The first-order chi connectivity index (χ1) is 15.0. The lowest BCUT2D eigenvalue weighted by Crippen LogP contribution is -2.45. The van der Waals surface area contributed by atoms with E-state index in [2.05, 4.69) is 16.0 Å². The van der Waals surface area contributed by atoms with E-state index in [0.717, 1.165) is 11.1 Å². The molecule has 0 aliphatic heterocycles. The molecule has 2 aromatic rings. The summed E-state index contributed by atoms with van der Waals surface area (Å²) in [6.45, 7) is 2.53. The second kappa shape index (κ2) is 15.0. The molecule has 4 N–H and O–H groups in total. The predicted octanol–water partition coefficient (Wildman–Crippen LogP) is 1.48. The zero-order valence-corrected chi connectivity index (χ0v) is 17.2. The van der Waals surface area contributed by atoms with Crippen molar-refractivity contribution in [1.29, 1.82) is 0 Å². The van der Waals surface area contributed by atoms with Crippen molar-refractivity contribution in [3.8, 4) is 0 Å². The third-order valence-electron chi connectivity index (χ3n) is 3.80. The number of carbonyl (C=O) groups is 4. The molecule has 0 bridgehead atoms. The van der Waals surface area contributed by atoms with Crippen molar-refractivity contribution in [3.05, 3.63) is 71.8 Å². The van der Waals surface area contributed by atoms with Gasteiger partial charge in [-0.1, -0.05) is 60.7 Å². The Labute approximate surface area is 180 Å². The van der Waals surface area contributed by atoms with Crippen LogP contribution in [0.4, 0.5) is 4.79 Å². The van der Waals surface area contributed by atoms with Gasteiger partial charge in [0.05, 0.1) is 6.54 Å². The minimum Gasteiger partial charge on any atom is -0.480 e. The Hall–Kier alpha value is -3.88. The van der Waals surface area contributed by atoms with Crippen LogP contribution in [0.1, 0.15) is 18.1 Å². The van der Waals surface area contributed by atoms with Gasteiger partial charge in [0.25, 0.3) is 0 Å². The SMILES string of the molecule is CCNC(=O)OCc1ccccc1.O=CNCC(=O)NC(Cc1ccccc1)C(=O)O. The van der Waals surface area contributed by atoms with E-state index in [1.165, 1.54) is 0 Å². The molecule has 0 aliphatic carbocycles. The lowest BCUT2D eigenvalue weighted by atomic mass is 10.1. The number of carbonyl (C=O) groups excluding carboxylic acids is 3. The molecule has 2 aromatic carbocycles. The van der Waals surface area contributed by atoms with Gasteiger partial charge in [-0.3, -0.25) is 9.59 Å². The number of rotatable bonds is 10. The monoisotopic (exact) mass is 429 g/mol. The molecule has 0 aliphatic rings. The first-order valence-electron chi connectivity index (χ1n) is 9.63. The van der Waals surface area contributed by atoms with E-state index in [-0.39, 0.29) is 19.1 Å². The molecule has 0 saturated heterocycles. The number of amides is 3. The maximum absolute atomic E-state index is 11.3. The van der Waals surface area contributed by atoms with Gasteiger partial charge in [-0.25, -0.2) is 9.59 Å². The minimum absolute atomic E-state index is 0.197. The molecule has 1 unspecified atom stereocenters. The summed E-state index contributed by atoms with van der Waals surface area (Å²) in [5.74, 6) is -1.65. The van der Waals surface area contributed by atoms with E-state index in [1.807, 2.05) is 43.3 Å². The Morgan fingerprint density at radius 2 is 1.58 bits per heavy atom. The van der Waals surface area contributed by atoms with E-state index >= 15 is 0 Å². The number of hydrogen-bond donors (Lipinski definition) is 4. The van der Waals surface area contributed by atoms with Crippen LogP contribution in [0.25, 0.3) is 0 Å². The van der Waals surface area contributed by atoms with Crippen LogP contribution in [0.15, 0.2) is 60.7 Å². The molecule has 0 fully saturated rings. The fourth-order valence-corrected chi connectivity index (χ4v) is 2.35. The second-order valence-corrected chi connectivity index (χ2v) is 6.24. The fourth-order valence-electron chi connectivity index (χ4n) is 2.35. The Kier molecular flexibility index (Phi) is 12.2. The summed E-state index contributed by atoms with van der Waals surface area (Å²) >= 11 is 0. The van der Waals surface area contributed by atoms with E-state index in [4.69, 9.17) is 9.84 Å². The zero-order valence-electron chi connectivity index (χ0n) is 17.2. The molecule has 0 radical (unpaired) electrons. The molecule has 31 heavy (non-hydrogen) atoms. The summed E-state index contributed by atoms with van der Waals surface area (Å²) in [4.78, 5) is 43.2. The molecular formula is C22H27N3O6. The Bertz CT molecular complexity index is 815. The number of hydrogen-bond acceptors (Lipinski definition) is 5. The van der Waals surface area contributed by atoms with Gasteiger partial charge >= 0.3 is 12.1 Å². The van der Waals surface area contributed by atoms with Gasteiger partial charge in [-0.15, -0.1) is 0 Å². The normalized spacial score (nSPS) is 10.5. The molecule has 9 nitrogen and oxygen atoms in total. The smallest absolute Gasteiger partial charge is 0.407 e. The summed E-state index contributed by atoms with van der Waals surface area (Å²) in [6, 6.07) is 17.6. The van der Waals surface area contributed by atoms with Gasteiger partial charge in [0, 0.05) is 13.0 Å². The van der Waals surface area contributed by atoms with Crippen molar-refractivity contribution in [1.82, 2.24) is 16.0 Å². The van der Waals surface area contributed by atoms with Crippen molar-refractivity contribution in [3.63, 3.8) is 0 Å². The van der Waals surface area contributed by atoms with Gasteiger partial charge in [0.1, 0.15) is 12.6 Å². The average Bonchev–Trinajstić information content (AvgIpc) is 2.78. The number of carboxylic acid groups (broad SMARTS) is 1. The number of carboxylic acids is 1. The lowest BCUT2D eigenvalue weighted by molar-refractivity contribution is -0.141. The van der Waals surface area contributed by atoms with Crippen LogP contribution in [0.2, 0.25) is 0 Å². The molecular weight excluding hydrogens is 402 g/mol. The minimum atomic E-state index is -1.11. The summed E-state index contributed by atoms with van der Waals surface area (Å²) in [6.07, 6.45) is 0.210. The molecule has 0 heterocycles. The van der Waals surface area contributed by atoms with Crippen molar-refractivity contribution in [2.24, 2.45) is 0 Å². The Morgan fingerprint density at radius 1 is 1.00 bits per heavy atom. The highest BCUT2D eigenvalue weighted by atomic mass is 16.5. The zero-order chi connectivity index (χ0) is 22.9. The van der Waals surface area contributed by atoms with Crippen LogP contribution >= 0.6 is 0 Å². The Morgan fingerprint density at radius 3 is 2.10 bits per heavy atom. The van der Waals surface area contributed by atoms with Gasteiger partial charge < -0.3 is 25.8 Å². The van der Waals surface area contributed by atoms with Crippen molar-refractivity contribution >= 4 is 24.4 Å². The summed E-state index contributed by atoms with van der Waals surface area (Å²) in [5.41, 5.74) is 1.81. The highest BCUT2D eigenvalue weighted by molar-refractivity contribution is 5.85. The molecule has 0 spiro atoms.